The van der Waals surface area contributed by atoms with Crippen LogP contribution in [0.15, 0.2) is 48.0 Å². The first kappa shape index (κ1) is 22.3. The van der Waals surface area contributed by atoms with E-state index in [1.165, 1.54) is 4.88 Å². The Balaban J connectivity index is 1.26. The molecule has 0 bridgehead atoms. The van der Waals surface area contributed by atoms with Gasteiger partial charge in [-0.25, -0.2) is 9.67 Å². The zero-order valence-electron chi connectivity index (χ0n) is 18.2. The summed E-state index contributed by atoms with van der Waals surface area (Å²) in [7, 11) is 0. The van der Waals surface area contributed by atoms with E-state index in [4.69, 9.17) is 23.2 Å². The van der Waals surface area contributed by atoms with E-state index in [1.807, 2.05) is 36.1 Å². The molecule has 1 amide bonds. The molecule has 9 heteroatoms. The van der Waals surface area contributed by atoms with E-state index in [9.17, 15) is 4.79 Å². The molecule has 4 heterocycles. The van der Waals surface area contributed by atoms with Crippen LogP contribution >= 0.6 is 34.5 Å². The van der Waals surface area contributed by atoms with Crippen molar-refractivity contribution in [1.29, 1.82) is 0 Å². The van der Waals surface area contributed by atoms with Crippen LogP contribution in [0.25, 0.3) is 21.5 Å². The second kappa shape index (κ2) is 9.43. The van der Waals surface area contributed by atoms with Gasteiger partial charge in [0.2, 0.25) is 5.91 Å². The van der Waals surface area contributed by atoms with E-state index in [-0.39, 0.29) is 12.5 Å². The van der Waals surface area contributed by atoms with Gasteiger partial charge in [-0.2, -0.15) is 5.10 Å². The van der Waals surface area contributed by atoms with Crippen LogP contribution in [0, 0.1) is 6.92 Å². The zero-order valence-corrected chi connectivity index (χ0v) is 20.5. The maximum absolute atomic E-state index is 13.1. The van der Waals surface area contributed by atoms with Crippen LogP contribution in [0.3, 0.4) is 0 Å². The molecule has 1 saturated heterocycles. The number of nitrogens with zero attached hydrogens (tertiary/aromatic N) is 5. The maximum atomic E-state index is 13.1. The minimum atomic E-state index is 0.0619. The molecule has 1 aromatic carbocycles. The number of aryl methyl sites for hydroxylation is 1. The Hall–Kier alpha value is -2.45. The van der Waals surface area contributed by atoms with Crippen molar-refractivity contribution in [2.75, 3.05) is 26.2 Å². The van der Waals surface area contributed by atoms with E-state index in [0.717, 1.165) is 47.5 Å². The molecule has 170 valence electrons. The summed E-state index contributed by atoms with van der Waals surface area (Å²) in [6, 6.07) is 11.7. The molecule has 1 fully saturated rings. The Labute approximate surface area is 206 Å². The number of carbonyl (C=O) groups is 1. The normalized spacial score (nSPS) is 14.8. The summed E-state index contributed by atoms with van der Waals surface area (Å²) >= 11 is 14.0. The Morgan fingerprint density at radius 3 is 2.67 bits per heavy atom. The van der Waals surface area contributed by atoms with Gasteiger partial charge < -0.3 is 4.90 Å². The van der Waals surface area contributed by atoms with Crippen molar-refractivity contribution < 1.29 is 4.79 Å². The molecule has 0 N–H and O–H groups in total. The number of rotatable bonds is 5. The zero-order chi connectivity index (χ0) is 22.9. The molecule has 0 unspecified atom stereocenters. The summed E-state index contributed by atoms with van der Waals surface area (Å²) in [4.78, 5) is 23.0. The van der Waals surface area contributed by atoms with Gasteiger partial charge in [-0.05, 0) is 42.1 Å². The lowest BCUT2D eigenvalue weighted by Crippen LogP contribution is -2.49. The molecule has 0 saturated carbocycles. The number of carbonyl (C=O) groups excluding carboxylic acids is 1. The second-order valence-electron chi connectivity index (χ2n) is 8.17. The quantitative estimate of drug-likeness (QED) is 0.382. The highest BCUT2D eigenvalue weighted by Gasteiger charge is 2.23. The van der Waals surface area contributed by atoms with Crippen molar-refractivity contribution in [3.05, 3.63) is 69.3 Å². The van der Waals surface area contributed by atoms with Crippen molar-refractivity contribution >= 4 is 51.5 Å². The third-order valence-electron chi connectivity index (χ3n) is 6.01. The van der Waals surface area contributed by atoms with Crippen LogP contribution in [0.4, 0.5) is 0 Å². The van der Waals surface area contributed by atoms with Gasteiger partial charge in [0.1, 0.15) is 6.54 Å². The Bertz CT molecular complexity index is 1300. The SMILES string of the molecule is Cc1nn(CC(=O)N2CCN(Cc3ccc(Cl)cc3Cl)CC2)c2nccc(-c3cccs3)c12. The lowest BCUT2D eigenvalue weighted by atomic mass is 10.1. The molecule has 0 radical (unpaired) electrons. The number of hydrogen-bond donors (Lipinski definition) is 0. The maximum Gasteiger partial charge on any atom is 0.244 e. The summed E-state index contributed by atoms with van der Waals surface area (Å²) in [5, 5.41) is 9.04. The van der Waals surface area contributed by atoms with Gasteiger partial charge in [0.25, 0.3) is 0 Å². The molecular formula is C24H23Cl2N5OS. The molecule has 3 aromatic heterocycles. The lowest BCUT2D eigenvalue weighted by Gasteiger charge is -2.35. The van der Waals surface area contributed by atoms with Crippen molar-refractivity contribution in [1.82, 2.24) is 24.6 Å². The van der Waals surface area contributed by atoms with Crippen LogP contribution in [0.1, 0.15) is 11.3 Å². The molecule has 33 heavy (non-hydrogen) atoms. The highest BCUT2D eigenvalue weighted by Crippen LogP contribution is 2.32. The van der Waals surface area contributed by atoms with Gasteiger partial charge in [0, 0.05) is 59.4 Å². The van der Waals surface area contributed by atoms with Crippen molar-refractivity contribution in [2.24, 2.45) is 0 Å². The molecule has 5 rings (SSSR count). The summed E-state index contributed by atoms with van der Waals surface area (Å²) in [6.45, 7) is 5.86. The first-order valence-corrected chi connectivity index (χ1v) is 12.4. The molecule has 1 aliphatic heterocycles. The molecule has 0 atom stereocenters. The van der Waals surface area contributed by atoms with Crippen molar-refractivity contribution in [3.63, 3.8) is 0 Å². The average Bonchev–Trinajstić information content (AvgIpc) is 3.45. The first-order valence-electron chi connectivity index (χ1n) is 10.8. The van der Waals surface area contributed by atoms with Crippen molar-refractivity contribution in [2.45, 2.75) is 20.0 Å². The summed E-state index contributed by atoms with van der Waals surface area (Å²) in [5.74, 6) is 0.0619. The standard InChI is InChI=1S/C24H23Cl2N5OS/c1-16-23-19(21-3-2-12-33-21)6-7-27-24(23)31(28-16)15-22(32)30-10-8-29(9-11-30)14-17-4-5-18(25)13-20(17)26/h2-7,12-13H,8-11,14-15H2,1H3. The predicted octanol–water partition coefficient (Wildman–Crippen LogP) is 5.12. The third-order valence-corrected chi connectivity index (χ3v) is 7.50. The predicted molar refractivity (Wildman–Crippen MR) is 134 cm³/mol. The molecule has 1 aliphatic rings. The van der Waals surface area contributed by atoms with Crippen LogP contribution in [-0.2, 0) is 17.9 Å². The number of thiophene rings is 1. The molecule has 6 nitrogen and oxygen atoms in total. The molecule has 0 spiro atoms. The van der Waals surface area contributed by atoms with Crippen LogP contribution in [0.2, 0.25) is 10.0 Å². The molecule has 0 aliphatic carbocycles. The number of halogens is 2. The second-order valence-corrected chi connectivity index (χ2v) is 9.96. The smallest absolute Gasteiger partial charge is 0.244 e. The van der Waals surface area contributed by atoms with Gasteiger partial charge in [-0.3, -0.25) is 9.69 Å². The number of benzene rings is 1. The number of amides is 1. The highest BCUT2D eigenvalue weighted by atomic mass is 35.5. The van der Waals surface area contributed by atoms with Crippen LogP contribution in [0.5, 0.6) is 0 Å². The summed E-state index contributed by atoms with van der Waals surface area (Å²) in [5.41, 5.74) is 3.80. The first-order chi connectivity index (χ1) is 16.0. The molecule has 4 aromatic rings. The Kier molecular flexibility index (Phi) is 6.38. The third kappa shape index (κ3) is 4.64. The van der Waals surface area contributed by atoms with E-state index >= 15 is 0 Å². The fraction of sp³-hybridized carbons (Fsp3) is 0.292. The lowest BCUT2D eigenvalue weighted by molar-refractivity contribution is -0.133. The Morgan fingerprint density at radius 1 is 1.12 bits per heavy atom. The number of aromatic nitrogens is 3. The minimum absolute atomic E-state index is 0.0619. The van der Waals surface area contributed by atoms with Crippen LogP contribution < -0.4 is 0 Å². The molecular weight excluding hydrogens is 477 g/mol. The summed E-state index contributed by atoms with van der Waals surface area (Å²) in [6.07, 6.45) is 1.79. The van der Waals surface area contributed by atoms with E-state index in [1.54, 1.807) is 28.3 Å². The number of fused-ring (bicyclic) bond motifs is 1. The van der Waals surface area contributed by atoms with E-state index in [2.05, 4.69) is 26.4 Å². The van der Waals surface area contributed by atoms with E-state index in [0.29, 0.717) is 23.1 Å². The van der Waals surface area contributed by atoms with Gasteiger partial charge in [-0.1, -0.05) is 35.3 Å². The van der Waals surface area contributed by atoms with Gasteiger partial charge >= 0.3 is 0 Å². The monoisotopic (exact) mass is 499 g/mol. The Morgan fingerprint density at radius 2 is 1.94 bits per heavy atom. The highest BCUT2D eigenvalue weighted by molar-refractivity contribution is 7.13. The van der Waals surface area contributed by atoms with Gasteiger partial charge in [0.15, 0.2) is 5.65 Å². The van der Waals surface area contributed by atoms with E-state index < -0.39 is 0 Å². The number of piperazine rings is 1. The number of hydrogen-bond acceptors (Lipinski definition) is 5. The average molecular weight is 500 g/mol. The topological polar surface area (TPSA) is 54.3 Å². The summed E-state index contributed by atoms with van der Waals surface area (Å²) < 4.78 is 1.74. The largest absolute Gasteiger partial charge is 0.339 e. The number of pyridine rings is 1. The fourth-order valence-corrected chi connectivity index (χ4v) is 5.53. The fourth-order valence-electron chi connectivity index (χ4n) is 4.30. The minimum Gasteiger partial charge on any atom is -0.339 e. The van der Waals surface area contributed by atoms with Gasteiger partial charge in [-0.15, -0.1) is 11.3 Å². The van der Waals surface area contributed by atoms with Gasteiger partial charge in [0.05, 0.1) is 11.1 Å². The van der Waals surface area contributed by atoms with Crippen LogP contribution in [-0.4, -0.2) is 56.7 Å². The van der Waals surface area contributed by atoms with Crippen molar-refractivity contribution in [3.8, 4) is 10.4 Å².